The van der Waals surface area contributed by atoms with Crippen LogP contribution in [0.3, 0.4) is 0 Å². The molecule has 0 saturated carbocycles. The molecule has 1 amide bonds. The van der Waals surface area contributed by atoms with Crippen LogP contribution in [0.5, 0.6) is 5.75 Å². The van der Waals surface area contributed by atoms with Crippen molar-refractivity contribution in [2.45, 2.75) is 6.92 Å². The van der Waals surface area contributed by atoms with Crippen molar-refractivity contribution in [3.63, 3.8) is 0 Å². The molecule has 14 heavy (non-hydrogen) atoms. The third-order valence-corrected chi connectivity index (χ3v) is 1.49. The topological polar surface area (TPSA) is 75.4 Å². The zero-order valence-corrected chi connectivity index (χ0v) is 7.82. The maximum absolute atomic E-state index is 11.2. The number of phenols is 1. The SMILES string of the molecule is C/C(N)=C\C(=O)Nc1ccc(O)cc1. The number of hydrogen-bond acceptors (Lipinski definition) is 3. The highest BCUT2D eigenvalue weighted by molar-refractivity contribution is 5.99. The van der Waals surface area contributed by atoms with Gasteiger partial charge in [-0.05, 0) is 31.2 Å². The largest absolute Gasteiger partial charge is 0.508 e. The molecule has 0 aliphatic rings. The van der Waals surface area contributed by atoms with Crippen molar-refractivity contribution in [3.8, 4) is 5.75 Å². The molecule has 0 unspecified atom stereocenters. The quantitative estimate of drug-likeness (QED) is 0.486. The van der Waals surface area contributed by atoms with Gasteiger partial charge in [0.25, 0.3) is 0 Å². The number of hydrogen-bond donors (Lipinski definition) is 3. The Morgan fingerprint density at radius 1 is 1.43 bits per heavy atom. The number of phenolic OH excluding ortho intramolecular Hbond substituents is 1. The van der Waals surface area contributed by atoms with Crippen LogP contribution < -0.4 is 11.1 Å². The minimum absolute atomic E-state index is 0.161. The third-order valence-electron chi connectivity index (χ3n) is 1.49. The molecule has 1 aromatic carbocycles. The molecular weight excluding hydrogens is 180 g/mol. The summed E-state index contributed by atoms with van der Waals surface area (Å²) < 4.78 is 0. The third kappa shape index (κ3) is 3.18. The van der Waals surface area contributed by atoms with Gasteiger partial charge in [0.2, 0.25) is 5.91 Å². The first-order valence-corrected chi connectivity index (χ1v) is 4.12. The van der Waals surface area contributed by atoms with Crippen molar-refractivity contribution < 1.29 is 9.90 Å². The number of carbonyl (C=O) groups excluding carboxylic acids is 1. The molecule has 4 N–H and O–H groups in total. The molecule has 0 aliphatic carbocycles. The van der Waals surface area contributed by atoms with Gasteiger partial charge in [-0.2, -0.15) is 0 Å². The molecule has 74 valence electrons. The molecule has 1 aromatic rings. The van der Waals surface area contributed by atoms with Crippen molar-refractivity contribution in [2.24, 2.45) is 5.73 Å². The summed E-state index contributed by atoms with van der Waals surface area (Å²) in [5.41, 5.74) is 6.39. The second-order valence-corrected chi connectivity index (χ2v) is 2.92. The van der Waals surface area contributed by atoms with E-state index in [0.717, 1.165) is 0 Å². The van der Waals surface area contributed by atoms with E-state index in [1.165, 1.54) is 18.2 Å². The van der Waals surface area contributed by atoms with Crippen molar-refractivity contribution >= 4 is 11.6 Å². The Labute approximate surface area is 82.0 Å². The van der Waals surface area contributed by atoms with E-state index in [4.69, 9.17) is 10.8 Å². The van der Waals surface area contributed by atoms with Gasteiger partial charge in [-0.3, -0.25) is 4.79 Å². The molecule has 1 rings (SSSR count). The van der Waals surface area contributed by atoms with Crippen LogP contribution in [-0.2, 0) is 4.79 Å². The number of aromatic hydroxyl groups is 1. The standard InChI is InChI=1S/C10H12N2O2/c1-7(11)6-10(14)12-8-2-4-9(13)5-3-8/h2-6,13H,11H2,1H3,(H,12,14)/b7-6+. The van der Waals surface area contributed by atoms with Gasteiger partial charge >= 0.3 is 0 Å². The van der Waals surface area contributed by atoms with Crippen LogP contribution in [0.25, 0.3) is 0 Å². The number of rotatable bonds is 2. The van der Waals surface area contributed by atoms with Gasteiger partial charge < -0.3 is 16.2 Å². The van der Waals surface area contributed by atoms with Crippen LogP contribution in [0.4, 0.5) is 5.69 Å². The fraction of sp³-hybridized carbons (Fsp3) is 0.100. The van der Waals surface area contributed by atoms with Gasteiger partial charge in [0.15, 0.2) is 0 Å². The number of allylic oxidation sites excluding steroid dienone is 1. The Morgan fingerprint density at radius 2 is 2.00 bits per heavy atom. The second kappa shape index (κ2) is 4.32. The lowest BCUT2D eigenvalue weighted by Gasteiger charge is -2.01. The average Bonchev–Trinajstić information content (AvgIpc) is 2.07. The summed E-state index contributed by atoms with van der Waals surface area (Å²) >= 11 is 0. The highest BCUT2D eigenvalue weighted by Gasteiger charge is 1.97. The zero-order chi connectivity index (χ0) is 10.6. The van der Waals surface area contributed by atoms with E-state index in [9.17, 15) is 4.79 Å². The Morgan fingerprint density at radius 3 is 2.50 bits per heavy atom. The molecule has 0 fully saturated rings. The Balaban J connectivity index is 2.66. The van der Waals surface area contributed by atoms with Gasteiger partial charge in [-0.25, -0.2) is 0 Å². The van der Waals surface area contributed by atoms with Crippen LogP contribution in [0.15, 0.2) is 36.0 Å². The molecule has 0 radical (unpaired) electrons. The van der Waals surface area contributed by atoms with Crippen LogP contribution in [0.1, 0.15) is 6.92 Å². The maximum atomic E-state index is 11.2. The summed E-state index contributed by atoms with van der Waals surface area (Å²) in [6.07, 6.45) is 1.30. The minimum Gasteiger partial charge on any atom is -0.508 e. The van der Waals surface area contributed by atoms with Crippen molar-refractivity contribution in [2.75, 3.05) is 5.32 Å². The molecule has 4 heteroatoms. The Kier molecular flexibility index (Phi) is 3.12. The van der Waals surface area contributed by atoms with Gasteiger partial charge in [-0.1, -0.05) is 0 Å². The first-order chi connectivity index (χ1) is 6.58. The van der Waals surface area contributed by atoms with E-state index in [1.54, 1.807) is 19.1 Å². The van der Waals surface area contributed by atoms with Crippen molar-refractivity contribution in [3.05, 3.63) is 36.0 Å². The van der Waals surface area contributed by atoms with Crippen LogP contribution in [0, 0.1) is 0 Å². The minimum atomic E-state index is -0.282. The lowest BCUT2D eigenvalue weighted by atomic mass is 10.3. The first-order valence-electron chi connectivity index (χ1n) is 4.12. The number of amides is 1. The number of nitrogens with one attached hydrogen (secondary N) is 1. The molecular formula is C10H12N2O2. The predicted octanol–water partition coefficient (Wildman–Crippen LogP) is 1.19. The summed E-state index contributed by atoms with van der Waals surface area (Å²) in [4.78, 5) is 11.2. The predicted molar refractivity (Wildman–Crippen MR) is 54.7 cm³/mol. The maximum Gasteiger partial charge on any atom is 0.250 e. The van der Waals surface area contributed by atoms with Gasteiger partial charge in [0, 0.05) is 17.5 Å². The number of benzene rings is 1. The summed E-state index contributed by atoms with van der Waals surface area (Å²) in [7, 11) is 0. The first kappa shape index (κ1) is 10.1. The number of anilines is 1. The van der Waals surface area contributed by atoms with Crippen molar-refractivity contribution in [1.29, 1.82) is 0 Å². The number of carbonyl (C=O) groups is 1. The van der Waals surface area contributed by atoms with E-state index in [0.29, 0.717) is 11.4 Å². The normalized spacial score (nSPS) is 11.1. The van der Waals surface area contributed by atoms with Crippen LogP contribution in [0.2, 0.25) is 0 Å². The highest BCUT2D eigenvalue weighted by atomic mass is 16.3. The average molecular weight is 192 g/mol. The monoisotopic (exact) mass is 192 g/mol. The molecule has 0 aromatic heterocycles. The van der Waals surface area contributed by atoms with E-state index < -0.39 is 0 Å². The van der Waals surface area contributed by atoms with E-state index in [2.05, 4.69) is 5.32 Å². The summed E-state index contributed by atoms with van der Waals surface area (Å²) in [5.74, 6) is -0.121. The van der Waals surface area contributed by atoms with E-state index >= 15 is 0 Å². The fourth-order valence-electron chi connectivity index (χ4n) is 0.930. The molecule has 0 bridgehead atoms. The summed E-state index contributed by atoms with van der Waals surface area (Å²) in [6.45, 7) is 1.64. The Bertz CT molecular complexity index is 351. The fourth-order valence-corrected chi connectivity index (χ4v) is 0.930. The van der Waals surface area contributed by atoms with E-state index in [-0.39, 0.29) is 11.7 Å². The Hall–Kier alpha value is -1.97. The van der Waals surface area contributed by atoms with Crippen LogP contribution >= 0.6 is 0 Å². The molecule has 0 aliphatic heterocycles. The molecule has 0 heterocycles. The number of nitrogens with two attached hydrogens (primary N) is 1. The zero-order valence-electron chi connectivity index (χ0n) is 7.82. The smallest absolute Gasteiger partial charge is 0.250 e. The lowest BCUT2D eigenvalue weighted by Crippen LogP contribution is -2.10. The summed E-state index contributed by atoms with van der Waals surface area (Å²) in [6, 6.07) is 6.20. The molecule has 4 nitrogen and oxygen atoms in total. The molecule has 0 saturated heterocycles. The second-order valence-electron chi connectivity index (χ2n) is 2.92. The van der Waals surface area contributed by atoms with Gasteiger partial charge in [0.05, 0.1) is 0 Å². The van der Waals surface area contributed by atoms with E-state index in [1.807, 2.05) is 0 Å². The van der Waals surface area contributed by atoms with Crippen LogP contribution in [-0.4, -0.2) is 11.0 Å². The molecule has 0 spiro atoms. The highest BCUT2D eigenvalue weighted by Crippen LogP contribution is 2.13. The lowest BCUT2D eigenvalue weighted by molar-refractivity contribution is -0.111. The van der Waals surface area contributed by atoms with Gasteiger partial charge in [-0.15, -0.1) is 0 Å². The van der Waals surface area contributed by atoms with Gasteiger partial charge in [0.1, 0.15) is 5.75 Å². The van der Waals surface area contributed by atoms with Crippen molar-refractivity contribution in [1.82, 2.24) is 0 Å². The molecule has 0 atom stereocenters. The summed E-state index contributed by atoms with van der Waals surface area (Å²) in [5, 5.41) is 11.6.